The number of unbranched alkanes of at least 4 members (excludes halogenated alkanes) is 11. The Morgan fingerprint density at radius 1 is 0.750 bits per heavy atom. The maximum atomic E-state index is 12.0. The molecule has 0 aliphatic carbocycles. The van der Waals surface area contributed by atoms with Crippen LogP contribution in [0, 0.1) is 11.8 Å². The van der Waals surface area contributed by atoms with E-state index in [1.165, 1.54) is 70.6 Å². The van der Waals surface area contributed by atoms with E-state index in [-0.39, 0.29) is 25.7 Å². The zero-order chi connectivity index (χ0) is 24.3. The number of quaternary nitrogens is 1. The van der Waals surface area contributed by atoms with Gasteiger partial charge in [-0.3, -0.25) is 9.05 Å². The second kappa shape index (κ2) is 19.3. The lowest BCUT2D eigenvalue weighted by Crippen LogP contribution is -2.37. The van der Waals surface area contributed by atoms with Gasteiger partial charge >= 0.3 is 7.82 Å². The largest absolute Gasteiger partial charge is 0.472 e. The molecule has 0 aliphatic rings. The molecular weight excluding hydrogens is 425 g/mol. The number of aliphatic hydroxyl groups is 1. The van der Waals surface area contributed by atoms with Crippen LogP contribution in [0.5, 0.6) is 0 Å². The molecule has 2 atom stereocenters. The van der Waals surface area contributed by atoms with Crippen molar-refractivity contribution in [2.75, 3.05) is 47.5 Å². The summed E-state index contributed by atoms with van der Waals surface area (Å²) in [5.74, 6) is 0.734. The molecule has 0 aromatic carbocycles. The minimum atomic E-state index is -4.04. The smallest absolute Gasteiger partial charge is 0.396 e. The first-order valence-corrected chi connectivity index (χ1v) is 14.6. The molecule has 0 saturated carbocycles. The Morgan fingerprint density at radius 3 is 1.59 bits per heavy atom. The van der Waals surface area contributed by atoms with Crippen LogP contribution in [0.1, 0.15) is 104 Å². The predicted octanol–water partition coefficient (Wildman–Crippen LogP) is 6.55. The third-order valence-electron chi connectivity index (χ3n) is 5.89. The summed E-state index contributed by atoms with van der Waals surface area (Å²) in [6.07, 6.45) is 17.8. The third-order valence-corrected chi connectivity index (χ3v) is 6.88. The number of likely N-dealkylation sites (N-methyl/N-ethyl adjacent to an activating group) is 1. The highest BCUT2D eigenvalue weighted by Gasteiger charge is 2.24. The van der Waals surface area contributed by atoms with Gasteiger partial charge in [0.05, 0.1) is 27.7 Å². The summed E-state index contributed by atoms with van der Waals surface area (Å²) < 4.78 is 22.7. The van der Waals surface area contributed by atoms with Gasteiger partial charge in [0.15, 0.2) is 0 Å². The lowest BCUT2D eigenvalue weighted by atomic mass is 10.0. The van der Waals surface area contributed by atoms with Gasteiger partial charge in [0.1, 0.15) is 13.2 Å². The maximum Gasteiger partial charge on any atom is 0.472 e. The summed E-state index contributed by atoms with van der Waals surface area (Å²) in [4.78, 5) is 9.78. The first kappa shape index (κ1) is 32.0. The number of phosphoric acid groups is 1. The Morgan fingerprint density at radius 2 is 1.19 bits per heavy atom. The molecular formula is C25H55NO5P+. The van der Waals surface area contributed by atoms with Crippen LogP contribution in [-0.2, 0) is 13.6 Å². The van der Waals surface area contributed by atoms with Crippen molar-refractivity contribution < 1.29 is 28.1 Å². The number of nitrogens with zero attached hydrogens (tertiary/aromatic N) is 1. The molecule has 194 valence electrons. The van der Waals surface area contributed by atoms with Crippen molar-refractivity contribution in [1.82, 2.24) is 0 Å². The molecule has 0 fully saturated rings. The molecule has 0 aliphatic heterocycles. The quantitative estimate of drug-likeness (QED) is 0.0985. The monoisotopic (exact) mass is 480 g/mol. The van der Waals surface area contributed by atoms with Gasteiger partial charge in [0.25, 0.3) is 0 Å². The van der Waals surface area contributed by atoms with Gasteiger partial charge in [-0.25, -0.2) is 4.57 Å². The van der Waals surface area contributed by atoms with Gasteiger partial charge in [0, 0.05) is 12.5 Å². The topological polar surface area (TPSA) is 76.0 Å². The van der Waals surface area contributed by atoms with Gasteiger partial charge in [-0.2, -0.15) is 0 Å². The molecule has 0 spiro atoms. The van der Waals surface area contributed by atoms with Gasteiger partial charge in [-0.15, -0.1) is 0 Å². The maximum absolute atomic E-state index is 12.0. The predicted molar refractivity (Wildman–Crippen MR) is 135 cm³/mol. The van der Waals surface area contributed by atoms with E-state index in [1.807, 2.05) is 21.1 Å². The van der Waals surface area contributed by atoms with Crippen LogP contribution < -0.4 is 0 Å². The van der Waals surface area contributed by atoms with Crippen LogP contribution in [0.15, 0.2) is 0 Å². The van der Waals surface area contributed by atoms with Crippen molar-refractivity contribution in [3.8, 4) is 0 Å². The van der Waals surface area contributed by atoms with Crippen LogP contribution in [0.25, 0.3) is 0 Å². The zero-order valence-corrected chi connectivity index (χ0v) is 22.8. The number of phosphoric ester groups is 1. The average Bonchev–Trinajstić information content (AvgIpc) is 2.69. The van der Waals surface area contributed by atoms with Gasteiger partial charge in [0.2, 0.25) is 0 Å². The lowest BCUT2D eigenvalue weighted by molar-refractivity contribution is -0.870. The van der Waals surface area contributed by atoms with E-state index in [0.717, 1.165) is 25.2 Å². The van der Waals surface area contributed by atoms with E-state index >= 15 is 0 Å². The number of aliphatic hydroxyl groups excluding tert-OH is 1. The standard InChI is InChI=1S/C25H54NO5P/c1-24(2)18-16-14-12-10-8-6-7-9-11-13-15-17-19-25(22-27)23-31-32(28,29)30-21-20-26(3,4)5/h24-25,27H,6-23H2,1-5H3/p+1. The van der Waals surface area contributed by atoms with Crippen LogP contribution in [0.3, 0.4) is 0 Å². The third kappa shape index (κ3) is 23.2. The van der Waals surface area contributed by atoms with E-state index in [1.54, 1.807) is 0 Å². The highest BCUT2D eigenvalue weighted by Crippen LogP contribution is 2.43. The summed E-state index contributed by atoms with van der Waals surface area (Å²) in [5, 5.41) is 9.53. The van der Waals surface area contributed by atoms with Gasteiger partial charge < -0.3 is 14.5 Å². The van der Waals surface area contributed by atoms with E-state index < -0.39 is 7.82 Å². The normalized spacial score (nSPS) is 15.2. The van der Waals surface area contributed by atoms with Crippen molar-refractivity contribution in [2.45, 2.75) is 104 Å². The summed E-state index contributed by atoms with van der Waals surface area (Å²) in [6, 6.07) is 0. The molecule has 6 nitrogen and oxygen atoms in total. The van der Waals surface area contributed by atoms with E-state index in [4.69, 9.17) is 9.05 Å². The molecule has 32 heavy (non-hydrogen) atoms. The van der Waals surface area contributed by atoms with Crippen molar-refractivity contribution in [3.63, 3.8) is 0 Å². The first-order chi connectivity index (χ1) is 15.1. The van der Waals surface area contributed by atoms with E-state index in [2.05, 4.69) is 13.8 Å². The fourth-order valence-corrected chi connectivity index (χ4v) is 4.43. The van der Waals surface area contributed by atoms with Crippen molar-refractivity contribution >= 4 is 7.82 Å². The fraction of sp³-hybridized carbons (Fsp3) is 1.00. The minimum absolute atomic E-state index is 0.0314. The Bertz CT molecular complexity index is 468. The highest BCUT2D eigenvalue weighted by atomic mass is 31.2. The first-order valence-electron chi connectivity index (χ1n) is 13.1. The Kier molecular flexibility index (Phi) is 19.4. The molecule has 0 radical (unpaired) electrons. The summed E-state index contributed by atoms with van der Waals surface area (Å²) >= 11 is 0. The summed E-state index contributed by atoms with van der Waals surface area (Å²) in [5.41, 5.74) is 0. The number of hydrogen-bond acceptors (Lipinski definition) is 4. The molecule has 0 heterocycles. The van der Waals surface area contributed by atoms with Crippen LogP contribution in [0.2, 0.25) is 0 Å². The Hall–Kier alpha value is 0.0300. The molecule has 0 aromatic heterocycles. The Balaban J connectivity index is 3.58. The SMILES string of the molecule is CC(C)CCCCCCCCCCCCCCC(CO)COP(=O)(O)OCC[N+](C)(C)C. The van der Waals surface area contributed by atoms with E-state index in [0.29, 0.717) is 11.0 Å². The summed E-state index contributed by atoms with van der Waals surface area (Å²) in [6.45, 7) is 5.43. The molecule has 0 aromatic rings. The molecule has 0 amide bonds. The van der Waals surface area contributed by atoms with Crippen molar-refractivity contribution in [2.24, 2.45) is 11.8 Å². The molecule has 7 heteroatoms. The van der Waals surface area contributed by atoms with Crippen LogP contribution in [-0.4, -0.2) is 62.0 Å². The molecule has 2 N–H and O–H groups in total. The minimum Gasteiger partial charge on any atom is -0.396 e. The summed E-state index contributed by atoms with van der Waals surface area (Å²) in [7, 11) is 1.93. The molecule has 0 rings (SSSR count). The van der Waals surface area contributed by atoms with Gasteiger partial charge in [-0.05, 0) is 12.3 Å². The molecule has 0 saturated heterocycles. The number of hydrogen-bond donors (Lipinski definition) is 2. The fourth-order valence-electron chi connectivity index (χ4n) is 3.65. The Labute approximate surface area is 199 Å². The molecule has 0 bridgehead atoms. The second-order valence-electron chi connectivity index (χ2n) is 10.9. The molecule has 2 unspecified atom stereocenters. The lowest BCUT2D eigenvalue weighted by Gasteiger charge is -2.24. The highest BCUT2D eigenvalue weighted by molar-refractivity contribution is 7.47. The van der Waals surface area contributed by atoms with Crippen molar-refractivity contribution in [3.05, 3.63) is 0 Å². The zero-order valence-electron chi connectivity index (χ0n) is 21.9. The number of rotatable bonds is 23. The van der Waals surface area contributed by atoms with Crippen LogP contribution >= 0.6 is 7.82 Å². The average molecular weight is 481 g/mol. The second-order valence-corrected chi connectivity index (χ2v) is 12.3. The van der Waals surface area contributed by atoms with E-state index in [9.17, 15) is 14.6 Å². The van der Waals surface area contributed by atoms with Crippen molar-refractivity contribution in [1.29, 1.82) is 0 Å². The van der Waals surface area contributed by atoms with Gasteiger partial charge in [-0.1, -0.05) is 97.3 Å². The van der Waals surface area contributed by atoms with Crippen LogP contribution in [0.4, 0.5) is 0 Å².